The van der Waals surface area contributed by atoms with Crippen LogP contribution in [0.4, 0.5) is 0 Å². The number of benzene rings is 2. The SMILES string of the molecule is CCNCC.O=c1c2ccccc2oc2ccccc12. The fourth-order valence-electron chi connectivity index (χ4n) is 2.00. The summed E-state index contributed by atoms with van der Waals surface area (Å²) in [5.74, 6) is 0. The molecule has 0 spiro atoms. The molecule has 0 aliphatic carbocycles. The minimum absolute atomic E-state index is 0.0347. The highest BCUT2D eigenvalue weighted by atomic mass is 16.3. The molecular weight excluding hydrogens is 250 g/mol. The zero-order valence-corrected chi connectivity index (χ0v) is 11.8. The van der Waals surface area contributed by atoms with Gasteiger partial charge >= 0.3 is 0 Å². The number of rotatable bonds is 2. The van der Waals surface area contributed by atoms with Gasteiger partial charge in [-0.3, -0.25) is 4.79 Å². The molecule has 3 nitrogen and oxygen atoms in total. The molecular formula is C17H19NO2. The lowest BCUT2D eigenvalue weighted by Gasteiger charge is -1.99. The monoisotopic (exact) mass is 269 g/mol. The Morgan fingerprint density at radius 1 is 0.850 bits per heavy atom. The molecule has 3 heteroatoms. The summed E-state index contributed by atoms with van der Waals surface area (Å²) in [4.78, 5) is 12.0. The maximum atomic E-state index is 12.0. The van der Waals surface area contributed by atoms with E-state index in [4.69, 9.17) is 4.42 Å². The van der Waals surface area contributed by atoms with E-state index in [0.29, 0.717) is 21.9 Å². The Morgan fingerprint density at radius 3 is 1.70 bits per heavy atom. The summed E-state index contributed by atoms with van der Waals surface area (Å²) < 4.78 is 5.63. The van der Waals surface area contributed by atoms with Gasteiger partial charge in [-0.1, -0.05) is 38.1 Å². The highest BCUT2D eigenvalue weighted by molar-refractivity contribution is 5.89. The van der Waals surface area contributed by atoms with Gasteiger partial charge in [0, 0.05) is 0 Å². The van der Waals surface area contributed by atoms with Crippen molar-refractivity contribution in [3.63, 3.8) is 0 Å². The Morgan fingerprint density at radius 2 is 1.30 bits per heavy atom. The average molecular weight is 269 g/mol. The summed E-state index contributed by atoms with van der Waals surface area (Å²) in [6, 6.07) is 14.6. The van der Waals surface area contributed by atoms with Crippen molar-refractivity contribution in [3.8, 4) is 0 Å². The molecule has 0 unspecified atom stereocenters. The normalized spacial score (nSPS) is 10.3. The zero-order chi connectivity index (χ0) is 14.4. The number of hydrogen-bond acceptors (Lipinski definition) is 3. The van der Waals surface area contributed by atoms with Gasteiger partial charge in [0.05, 0.1) is 10.8 Å². The van der Waals surface area contributed by atoms with Gasteiger partial charge in [0.15, 0.2) is 0 Å². The van der Waals surface area contributed by atoms with Gasteiger partial charge in [-0.15, -0.1) is 0 Å². The molecule has 0 aliphatic heterocycles. The van der Waals surface area contributed by atoms with Crippen LogP contribution in [-0.4, -0.2) is 13.1 Å². The third-order valence-electron chi connectivity index (χ3n) is 2.98. The molecule has 3 aromatic rings. The predicted octanol–water partition coefficient (Wildman–Crippen LogP) is 3.56. The third kappa shape index (κ3) is 3.06. The van der Waals surface area contributed by atoms with E-state index in [-0.39, 0.29) is 5.43 Å². The van der Waals surface area contributed by atoms with Gasteiger partial charge < -0.3 is 9.73 Å². The highest BCUT2D eigenvalue weighted by Crippen LogP contribution is 2.17. The van der Waals surface area contributed by atoms with Crippen LogP contribution in [0.5, 0.6) is 0 Å². The Balaban J connectivity index is 0.000000257. The largest absolute Gasteiger partial charge is 0.456 e. The van der Waals surface area contributed by atoms with Crippen molar-refractivity contribution in [2.75, 3.05) is 13.1 Å². The topological polar surface area (TPSA) is 42.2 Å². The first-order valence-electron chi connectivity index (χ1n) is 6.89. The minimum Gasteiger partial charge on any atom is -0.456 e. The molecule has 0 saturated heterocycles. The lowest BCUT2D eigenvalue weighted by molar-refractivity contribution is 0.660. The van der Waals surface area contributed by atoms with Gasteiger partial charge in [0.1, 0.15) is 11.2 Å². The van der Waals surface area contributed by atoms with Crippen LogP contribution in [0.1, 0.15) is 13.8 Å². The molecule has 1 aromatic heterocycles. The van der Waals surface area contributed by atoms with Crippen molar-refractivity contribution >= 4 is 21.9 Å². The fraction of sp³-hybridized carbons (Fsp3) is 0.235. The number of para-hydroxylation sites is 2. The van der Waals surface area contributed by atoms with Gasteiger partial charge in [0.2, 0.25) is 5.43 Å². The number of hydrogen-bond donors (Lipinski definition) is 1. The molecule has 0 saturated carbocycles. The average Bonchev–Trinajstić information content (AvgIpc) is 2.49. The summed E-state index contributed by atoms with van der Waals surface area (Å²) in [5, 5.41) is 4.38. The lowest BCUT2D eigenvalue weighted by atomic mass is 10.1. The van der Waals surface area contributed by atoms with Crippen LogP contribution in [0.3, 0.4) is 0 Å². The molecule has 104 valence electrons. The standard InChI is InChI=1S/C13H8O2.C4H11N/c14-13-9-5-1-3-7-11(9)15-12-8-4-2-6-10(12)13;1-3-5-4-2/h1-8H;5H,3-4H2,1-2H3. The van der Waals surface area contributed by atoms with Gasteiger partial charge in [-0.2, -0.15) is 0 Å². The summed E-state index contributed by atoms with van der Waals surface area (Å²) in [5.41, 5.74) is 1.31. The Labute approximate surface area is 118 Å². The molecule has 3 rings (SSSR count). The minimum atomic E-state index is 0.0347. The van der Waals surface area contributed by atoms with Crippen LogP contribution in [0.25, 0.3) is 21.9 Å². The Kier molecular flexibility index (Phi) is 4.91. The molecule has 0 amide bonds. The smallest absolute Gasteiger partial charge is 0.200 e. The van der Waals surface area contributed by atoms with E-state index in [1.54, 1.807) is 12.1 Å². The molecule has 20 heavy (non-hydrogen) atoms. The van der Waals surface area contributed by atoms with E-state index in [9.17, 15) is 4.79 Å². The van der Waals surface area contributed by atoms with Gasteiger partial charge in [-0.25, -0.2) is 0 Å². The molecule has 0 radical (unpaired) electrons. The number of fused-ring (bicyclic) bond motifs is 2. The Hall–Kier alpha value is -2.13. The van der Waals surface area contributed by atoms with E-state index in [1.807, 2.05) is 36.4 Å². The third-order valence-corrected chi connectivity index (χ3v) is 2.98. The van der Waals surface area contributed by atoms with Crippen LogP contribution in [-0.2, 0) is 0 Å². The first-order valence-corrected chi connectivity index (χ1v) is 6.89. The maximum absolute atomic E-state index is 12.0. The first kappa shape index (κ1) is 14.3. The van der Waals surface area contributed by atoms with Gasteiger partial charge in [-0.05, 0) is 37.4 Å². The second kappa shape index (κ2) is 6.87. The van der Waals surface area contributed by atoms with Crippen molar-refractivity contribution in [1.82, 2.24) is 5.32 Å². The van der Waals surface area contributed by atoms with Crippen LogP contribution < -0.4 is 10.7 Å². The van der Waals surface area contributed by atoms with E-state index in [2.05, 4.69) is 19.2 Å². The second-order valence-electron chi connectivity index (χ2n) is 4.38. The quantitative estimate of drug-likeness (QED) is 0.723. The molecule has 2 aromatic carbocycles. The summed E-state index contributed by atoms with van der Waals surface area (Å²) in [6.07, 6.45) is 0. The van der Waals surface area contributed by atoms with Crippen molar-refractivity contribution in [2.24, 2.45) is 0 Å². The van der Waals surface area contributed by atoms with Crippen molar-refractivity contribution in [3.05, 3.63) is 58.8 Å². The second-order valence-corrected chi connectivity index (χ2v) is 4.38. The zero-order valence-electron chi connectivity index (χ0n) is 11.8. The van der Waals surface area contributed by atoms with E-state index in [1.165, 1.54) is 0 Å². The molecule has 0 atom stereocenters. The maximum Gasteiger partial charge on any atom is 0.200 e. The van der Waals surface area contributed by atoms with Crippen LogP contribution in [0, 0.1) is 0 Å². The number of nitrogens with one attached hydrogen (secondary N) is 1. The van der Waals surface area contributed by atoms with Crippen molar-refractivity contribution < 1.29 is 4.42 Å². The van der Waals surface area contributed by atoms with Crippen LogP contribution >= 0.6 is 0 Å². The molecule has 1 heterocycles. The fourth-order valence-corrected chi connectivity index (χ4v) is 2.00. The summed E-state index contributed by atoms with van der Waals surface area (Å²) >= 11 is 0. The van der Waals surface area contributed by atoms with E-state index >= 15 is 0 Å². The molecule has 0 bridgehead atoms. The van der Waals surface area contributed by atoms with Crippen LogP contribution in [0.15, 0.2) is 57.7 Å². The van der Waals surface area contributed by atoms with Crippen molar-refractivity contribution in [2.45, 2.75) is 13.8 Å². The first-order chi connectivity index (χ1) is 9.77. The van der Waals surface area contributed by atoms with Crippen LogP contribution in [0.2, 0.25) is 0 Å². The Bertz CT molecular complexity index is 687. The van der Waals surface area contributed by atoms with Gasteiger partial charge in [0.25, 0.3) is 0 Å². The summed E-state index contributed by atoms with van der Waals surface area (Å²) in [7, 11) is 0. The summed E-state index contributed by atoms with van der Waals surface area (Å²) in [6.45, 7) is 6.39. The van der Waals surface area contributed by atoms with Crippen molar-refractivity contribution in [1.29, 1.82) is 0 Å². The highest BCUT2D eigenvalue weighted by Gasteiger charge is 2.04. The molecule has 1 N–H and O–H groups in total. The predicted molar refractivity (Wildman–Crippen MR) is 84.2 cm³/mol. The molecule has 0 fully saturated rings. The molecule has 0 aliphatic rings. The van der Waals surface area contributed by atoms with E-state index < -0.39 is 0 Å². The van der Waals surface area contributed by atoms with E-state index in [0.717, 1.165) is 13.1 Å². The lowest BCUT2D eigenvalue weighted by Crippen LogP contribution is -2.09.